The molecule has 2 amide bonds. The molecule has 1 atom stereocenters. The van der Waals surface area contributed by atoms with Crippen LogP contribution in [0.2, 0.25) is 0 Å². The maximum absolute atomic E-state index is 11.8. The maximum atomic E-state index is 11.8. The summed E-state index contributed by atoms with van der Waals surface area (Å²) in [4.78, 5) is 11.8. The third kappa shape index (κ3) is 5.69. The first-order chi connectivity index (χ1) is 9.19. The second-order valence-electron chi connectivity index (χ2n) is 3.99. The number of rotatable bonds is 6. The van der Waals surface area contributed by atoms with E-state index in [2.05, 4.69) is 16.6 Å². The van der Waals surface area contributed by atoms with E-state index in [9.17, 15) is 4.79 Å². The maximum Gasteiger partial charge on any atom is 0.319 e. The average Bonchev–Trinajstić information content (AvgIpc) is 2.39. The molecular weight excluding hydrogens is 260 g/mol. The number of terminal acetylenes is 1. The first-order valence-electron chi connectivity index (χ1n) is 5.93. The SMILES string of the molecule is C#Cc1cccc(NC(=O)N[C@@H](CCO)CSC)c1. The van der Waals surface area contributed by atoms with Gasteiger partial charge in [-0.2, -0.15) is 11.8 Å². The van der Waals surface area contributed by atoms with Gasteiger partial charge in [-0.15, -0.1) is 6.42 Å². The molecule has 0 bridgehead atoms. The molecule has 0 unspecified atom stereocenters. The molecule has 0 saturated carbocycles. The smallest absolute Gasteiger partial charge is 0.319 e. The van der Waals surface area contributed by atoms with Crippen molar-refractivity contribution in [2.24, 2.45) is 0 Å². The lowest BCUT2D eigenvalue weighted by molar-refractivity contribution is 0.241. The Morgan fingerprint density at radius 1 is 1.58 bits per heavy atom. The van der Waals surface area contributed by atoms with Gasteiger partial charge in [-0.1, -0.05) is 12.0 Å². The molecule has 4 nitrogen and oxygen atoms in total. The van der Waals surface area contributed by atoms with Crippen LogP contribution < -0.4 is 10.6 Å². The van der Waals surface area contributed by atoms with Gasteiger partial charge in [0, 0.05) is 29.7 Å². The zero-order valence-electron chi connectivity index (χ0n) is 10.8. The number of thioether (sulfide) groups is 1. The summed E-state index contributed by atoms with van der Waals surface area (Å²) in [5, 5.41) is 14.5. The average molecular weight is 278 g/mol. The third-order valence-electron chi connectivity index (χ3n) is 2.47. The van der Waals surface area contributed by atoms with Crippen LogP contribution in [0.1, 0.15) is 12.0 Å². The Bertz CT molecular complexity index is 451. The topological polar surface area (TPSA) is 61.4 Å². The van der Waals surface area contributed by atoms with Crippen molar-refractivity contribution < 1.29 is 9.90 Å². The second kappa shape index (κ2) is 8.46. The van der Waals surface area contributed by atoms with Crippen LogP contribution in [0.3, 0.4) is 0 Å². The van der Waals surface area contributed by atoms with Gasteiger partial charge in [0.15, 0.2) is 0 Å². The van der Waals surface area contributed by atoms with Crippen molar-refractivity contribution in [1.82, 2.24) is 5.32 Å². The molecule has 1 aromatic carbocycles. The van der Waals surface area contributed by atoms with E-state index in [4.69, 9.17) is 11.5 Å². The van der Waals surface area contributed by atoms with Crippen LogP contribution in [0.4, 0.5) is 10.5 Å². The summed E-state index contributed by atoms with van der Waals surface area (Å²) >= 11 is 1.62. The Labute approximate surface area is 118 Å². The van der Waals surface area contributed by atoms with E-state index >= 15 is 0 Å². The van der Waals surface area contributed by atoms with Gasteiger partial charge in [-0.3, -0.25) is 0 Å². The Balaban J connectivity index is 2.56. The lowest BCUT2D eigenvalue weighted by Crippen LogP contribution is -2.40. The Morgan fingerprint density at radius 2 is 2.37 bits per heavy atom. The molecule has 102 valence electrons. The summed E-state index contributed by atoms with van der Waals surface area (Å²) in [6.45, 7) is 0.0537. The molecule has 19 heavy (non-hydrogen) atoms. The van der Waals surface area contributed by atoms with Crippen LogP contribution in [-0.2, 0) is 0 Å². The van der Waals surface area contributed by atoms with E-state index in [0.29, 0.717) is 17.7 Å². The van der Waals surface area contributed by atoms with Gasteiger partial charge in [0.2, 0.25) is 0 Å². The van der Waals surface area contributed by atoms with Crippen molar-refractivity contribution >= 4 is 23.5 Å². The highest BCUT2D eigenvalue weighted by atomic mass is 32.2. The number of aliphatic hydroxyl groups excluding tert-OH is 1. The minimum atomic E-state index is -0.290. The molecule has 0 heterocycles. The minimum Gasteiger partial charge on any atom is -0.396 e. The number of hydrogen-bond acceptors (Lipinski definition) is 3. The first kappa shape index (κ1) is 15.4. The molecular formula is C14H18N2O2S. The van der Waals surface area contributed by atoms with Gasteiger partial charge in [-0.05, 0) is 30.9 Å². The molecule has 0 aliphatic heterocycles. The van der Waals surface area contributed by atoms with E-state index in [1.54, 1.807) is 36.0 Å². The van der Waals surface area contributed by atoms with Crippen molar-refractivity contribution in [1.29, 1.82) is 0 Å². The van der Waals surface area contributed by atoms with Gasteiger partial charge in [-0.25, -0.2) is 4.79 Å². The number of urea groups is 1. The summed E-state index contributed by atoms with van der Waals surface area (Å²) < 4.78 is 0. The molecule has 0 spiro atoms. The molecule has 0 aliphatic carbocycles. The zero-order valence-corrected chi connectivity index (χ0v) is 11.7. The molecule has 3 N–H and O–H groups in total. The highest BCUT2D eigenvalue weighted by Gasteiger charge is 2.11. The first-order valence-corrected chi connectivity index (χ1v) is 7.33. The molecule has 5 heteroatoms. The van der Waals surface area contributed by atoms with Crippen LogP contribution in [0.5, 0.6) is 0 Å². The van der Waals surface area contributed by atoms with Crippen molar-refractivity contribution in [2.75, 3.05) is 23.9 Å². The summed E-state index contributed by atoms with van der Waals surface area (Å²) in [5.41, 5.74) is 1.37. The summed E-state index contributed by atoms with van der Waals surface area (Å²) in [6, 6.07) is 6.76. The number of carbonyl (C=O) groups is 1. The fraction of sp³-hybridized carbons (Fsp3) is 0.357. The van der Waals surface area contributed by atoms with Crippen molar-refractivity contribution in [3.8, 4) is 12.3 Å². The minimum absolute atomic E-state index is 0.0455. The molecule has 0 fully saturated rings. The fourth-order valence-corrected chi connectivity index (χ4v) is 2.25. The summed E-state index contributed by atoms with van der Waals surface area (Å²) in [7, 11) is 0. The molecule has 1 aromatic rings. The van der Waals surface area contributed by atoms with E-state index in [1.807, 2.05) is 6.26 Å². The lowest BCUT2D eigenvalue weighted by Gasteiger charge is -2.17. The van der Waals surface area contributed by atoms with Gasteiger partial charge in [0.05, 0.1) is 0 Å². The van der Waals surface area contributed by atoms with Gasteiger partial charge in [0.25, 0.3) is 0 Å². The number of amides is 2. The van der Waals surface area contributed by atoms with E-state index < -0.39 is 0 Å². The Hall–Kier alpha value is -1.64. The highest BCUT2D eigenvalue weighted by molar-refractivity contribution is 7.98. The molecule has 0 saturated heterocycles. The van der Waals surface area contributed by atoms with Gasteiger partial charge >= 0.3 is 6.03 Å². The van der Waals surface area contributed by atoms with Crippen molar-refractivity contribution in [3.05, 3.63) is 29.8 Å². The number of carbonyl (C=O) groups excluding carboxylic acids is 1. The van der Waals surface area contributed by atoms with Gasteiger partial charge in [0.1, 0.15) is 0 Å². The normalized spacial score (nSPS) is 11.4. The molecule has 1 rings (SSSR count). The van der Waals surface area contributed by atoms with E-state index in [1.165, 1.54) is 0 Å². The van der Waals surface area contributed by atoms with Gasteiger partial charge < -0.3 is 15.7 Å². The van der Waals surface area contributed by atoms with Crippen LogP contribution >= 0.6 is 11.8 Å². The fourth-order valence-electron chi connectivity index (χ4n) is 1.59. The third-order valence-corrected chi connectivity index (χ3v) is 3.20. The summed E-state index contributed by atoms with van der Waals surface area (Å²) in [5.74, 6) is 3.28. The number of aliphatic hydroxyl groups is 1. The largest absolute Gasteiger partial charge is 0.396 e. The number of hydrogen-bond donors (Lipinski definition) is 3. The van der Waals surface area contributed by atoms with Crippen LogP contribution in [-0.4, -0.2) is 35.8 Å². The monoisotopic (exact) mass is 278 g/mol. The van der Waals surface area contributed by atoms with Crippen molar-refractivity contribution in [2.45, 2.75) is 12.5 Å². The molecule has 0 aliphatic rings. The Morgan fingerprint density at radius 3 is 3.00 bits per heavy atom. The quantitative estimate of drug-likeness (QED) is 0.697. The standard InChI is InChI=1S/C14H18N2O2S/c1-3-11-5-4-6-12(9-11)15-14(18)16-13(7-8-17)10-19-2/h1,4-6,9,13,17H,7-8,10H2,2H3,(H2,15,16,18)/t13-/m0/s1. The second-order valence-corrected chi connectivity index (χ2v) is 4.90. The molecule has 0 radical (unpaired) electrons. The van der Waals surface area contributed by atoms with Crippen molar-refractivity contribution in [3.63, 3.8) is 0 Å². The lowest BCUT2D eigenvalue weighted by atomic mass is 10.2. The van der Waals surface area contributed by atoms with E-state index in [0.717, 1.165) is 5.75 Å². The predicted octanol–water partition coefficient (Wildman–Crippen LogP) is 1.90. The highest BCUT2D eigenvalue weighted by Crippen LogP contribution is 2.10. The number of anilines is 1. The van der Waals surface area contributed by atoms with Crippen LogP contribution in [0, 0.1) is 12.3 Å². The predicted molar refractivity (Wildman–Crippen MR) is 80.4 cm³/mol. The number of benzene rings is 1. The number of nitrogens with one attached hydrogen (secondary N) is 2. The molecule has 0 aromatic heterocycles. The zero-order chi connectivity index (χ0) is 14.1. The van der Waals surface area contributed by atoms with Crippen LogP contribution in [0.15, 0.2) is 24.3 Å². The van der Waals surface area contributed by atoms with E-state index in [-0.39, 0.29) is 18.7 Å². The Kier molecular flexibility index (Phi) is 6.86. The summed E-state index contributed by atoms with van der Waals surface area (Å²) in [6.07, 6.45) is 7.80. The van der Waals surface area contributed by atoms with Crippen LogP contribution in [0.25, 0.3) is 0 Å².